The molecule has 0 saturated carbocycles. The average Bonchev–Trinajstić information content (AvgIpc) is 2.45. The highest BCUT2D eigenvalue weighted by Gasteiger charge is 2.28. The molecular formula is C16H22FNO3. The Labute approximate surface area is 124 Å². The van der Waals surface area contributed by atoms with Gasteiger partial charge in [-0.3, -0.25) is 4.79 Å². The lowest BCUT2D eigenvalue weighted by Gasteiger charge is -2.34. The first-order valence-corrected chi connectivity index (χ1v) is 7.38. The van der Waals surface area contributed by atoms with Crippen molar-refractivity contribution in [1.29, 1.82) is 0 Å². The van der Waals surface area contributed by atoms with Crippen LogP contribution in [0.25, 0.3) is 0 Å². The molecule has 1 N–H and O–H groups in total. The molecule has 0 aliphatic carbocycles. The van der Waals surface area contributed by atoms with E-state index in [2.05, 4.69) is 11.8 Å². The number of hydrogen-bond donors (Lipinski definition) is 1. The summed E-state index contributed by atoms with van der Waals surface area (Å²) in [7, 11) is 0. The summed E-state index contributed by atoms with van der Waals surface area (Å²) in [5, 5.41) is 9.13. The van der Waals surface area contributed by atoms with E-state index in [1.54, 1.807) is 12.1 Å². The van der Waals surface area contributed by atoms with Gasteiger partial charge in [0, 0.05) is 19.6 Å². The van der Waals surface area contributed by atoms with Crippen molar-refractivity contribution in [1.82, 2.24) is 4.90 Å². The van der Waals surface area contributed by atoms with Gasteiger partial charge >= 0.3 is 5.97 Å². The van der Waals surface area contributed by atoms with Gasteiger partial charge in [-0.1, -0.05) is 6.92 Å². The van der Waals surface area contributed by atoms with Crippen molar-refractivity contribution < 1.29 is 19.0 Å². The number of rotatable bonds is 6. The van der Waals surface area contributed by atoms with Gasteiger partial charge in [0.05, 0.1) is 12.5 Å². The number of piperidine rings is 1. The largest absolute Gasteiger partial charge is 0.494 e. The summed E-state index contributed by atoms with van der Waals surface area (Å²) in [5.41, 5.74) is 0. The molecule has 0 bridgehead atoms. The smallest absolute Gasteiger partial charge is 0.307 e. The van der Waals surface area contributed by atoms with E-state index in [-0.39, 0.29) is 11.7 Å². The van der Waals surface area contributed by atoms with Gasteiger partial charge in [0.15, 0.2) is 0 Å². The van der Waals surface area contributed by atoms with Crippen molar-refractivity contribution in [2.75, 3.05) is 26.2 Å². The predicted molar refractivity (Wildman–Crippen MR) is 77.9 cm³/mol. The third-order valence-electron chi connectivity index (χ3n) is 3.79. The second-order valence-electron chi connectivity index (χ2n) is 5.79. The Balaban J connectivity index is 1.70. The van der Waals surface area contributed by atoms with Crippen LogP contribution in [0.2, 0.25) is 0 Å². The van der Waals surface area contributed by atoms with Crippen LogP contribution in [0.3, 0.4) is 0 Å². The van der Waals surface area contributed by atoms with Crippen LogP contribution >= 0.6 is 0 Å². The quantitative estimate of drug-likeness (QED) is 0.820. The van der Waals surface area contributed by atoms with Crippen molar-refractivity contribution >= 4 is 5.97 Å². The summed E-state index contributed by atoms with van der Waals surface area (Å²) >= 11 is 0. The van der Waals surface area contributed by atoms with E-state index in [1.807, 2.05) is 0 Å². The van der Waals surface area contributed by atoms with Crippen LogP contribution in [-0.2, 0) is 4.79 Å². The van der Waals surface area contributed by atoms with E-state index >= 15 is 0 Å². The van der Waals surface area contributed by atoms with Crippen molar-refractivity contribution in [2.45, 2.75) is 19.8 Å². The van der Waals surface area contributed by atoms with Crippen LogP contribution in [-0.4, -0.2) is 42.2 Å². The maximum absolute atomic E-state index is 12.7. The number of halogens is 1. The van der Waals surface area contributed by atoms with E-state index < -0.39 is 5.97 Å². The number of carboxylic acid groups (broad SMARTS) is 1. The summed E-state index contributed by atoms with van der Waals surface area (Å²) in [4.78, 5) is 13.3. The third-order valence-corrected chi connectivity index (χ3v) is 3.79. The van der Waals surface area contributed by atoms with E-state index in [0.717, 1.165) is 25.9 Å². The molecule has 1 saturated heterocycles. The molecule has 0 aromatic heterocycles. The predicted octanol–water partition coefficient (Wildman–Crippen LogP) is 2.64. The lowest BCUT2D eigenvalue weighted by atomic mass is 9.90. The van der Waals surface area contributed by atoms with E-state index in [9.17, 15) is 9.18 Å². The second-order valence-corrected chi connectivity index (χ2v) is 5.79. The first-order chi connectivity index (χ1) is 10.0. The number of ether oxygens (including phenoxy) is 1. The lowest BCUT2D eigenvalue weighted by molar-refractivity contribution is -0.144. The maximum Gasteiger partial charge on any atom is 0.307 e. The van der Waals surface area contributed by atoms with Crippen LogP contribution < -0.4 is 4.74 Å². The molecule has 1 aliphatic heterocycles. The summed E-state index contributed by atoms with van der Waals surface area (Å²) in [5.74, 6) is -0.157. The van der Waals surface area contributed by atoms with E-state index in [0.29, 0.717) is 24.8 Å². The minimum atomic E-state index is -0.700. The molecule has 1 aliphatic rings. The molecule has 4 nitrogen and oxygen atoms in total. The minimum Gasteiger partial charge on any atom is -0.494 e. The monoisotopic (exact) mass is 295 g/mol. The van der Waals surface area contributed by atoms with Crippen molar-refractivity contribution in [3.63, 3.8) is 0 Å². The Kier molecular flexibility index (Phi) is 5.56. The van der Waals surface area contributed by atoms with Gasteiger partial charge in [-0.2, -0.15) is 0 Å². The third kappa shape index (κ3) is 5.01. The van der Waals surface area contributed by atoms with Crippen molar-refractivity contribution in [3.8, 4) is 5.75 Å². The van der Waals surface area contributed by atoms with Crippen LogP contribution in [0, 0.1) is 17.7 Å². The van der Waals surface area contributed by atoms with Crippen molar-refractivity contribution in [3.05, 3.63) is 30.1 Å². The highest BCUT2D eigenvalue weighted by Crippen LogP contribution is 2.21. The Hall–Kier alpha value is -1.62. The van der Waals surface area contributed by atoms with Crippen LogP contribution in [0.15, 0.2) is 24.3 Å². The number of aliphatic carboxylic acids is 1. The summed E-state index contributed by atoms with van der Waals surface area (Å²) < 4.78 is 18.3. The van der Waals surface area contributed by atoms with Crippen LogP contribution in [0.5, 0.6) is 5.75 Å². The standard InChI is InChI=1S/C16H22FNO3/c1-12-9-13(16(19)20)11-18(10-12)7-2-8-21-15-5-3-14(17)4-6-15/h3-6,12-13H,2,7-11H2,1H3,(H,19,20). The zero-order chi connectivity index (χ0) is 15.2. The second kappa shape index (κ2) is 7.41. The molecule has 1 heterocycles. The van der Waals surface area contributed by atoms with Gasteiger partial charge in [-0.15, -0.1) is 0 Å². The van der Waals surface area contributed by atoms with Gasteiger partial charge < -0.3 is 14.7 Å². The van der Waals surface area contributed by atoms with Gasteiger partial charge in [-0.05, 0) is 43.0 Å². The number of likely N-dealkylation sites (tertiary alicyclic amines) is 1. The number of nitrogens with zero attached hydrogens (tertiary/aromatic N) is 1. The van der Waals surface area contributed by atoms with Crippen LogP contribution in [0.4, 0.5) is 4.39 Å². The fourth-order valence-corrected chi connectivity index (χ4v) is 2.83. The zero-order valence-electron chi connectivity index (χ0n) is 12.3. The molecule has 1 aromatic rings. The number of hydrogen-bond acceptors (Lipinski definition) is 3. The normalized spacial score (nSPS) is 23.0. The Bertz CT molecular complexity index is 463. The molecule has 1 aromatic carbocycles. The average molecular weight is 295 g/mol. The SMILES string of the molecule is CC1CC(C(=O)O)CN(CCCOc2ccc(F)cc2)C1. The fraction of sp³-hybridized carbons (Fsp3) is 0.562. The highest BCUT2D eigenvalue weighted by atomic mass is 19.1. The summed E-state index contributed by atoms with van der Waals surface area (Å²) in [6, 6.07) is 5.97. The molecule has 2 atom stereocenters. The Morgan fingerprint density at radius 3 is 2.76 bits per heavy atom. The molecule has 5 heteroatoms. The molecule has 1 fully saturated rings. The Morgan fingerprint density at radius 2 is 2.10 bits per heavy atom. The summed E-state index contributed by atoms with van der Waals surface area (Å²) in [6.45, 7) is 5.04. The molecular weight excluding hydrogens is 273 g/mol. The molecule has 0 radical (unpaired) electrons. The zero-order valence-corrected chi connectivity index (χ0v) is 12.3. The fourth-order valence-electron chi connectivity index (χ4n) is 2.83. The molecule has 2 rings (SSSR count). The lowest BCUT2D eigenvalue weighted by Crippen LogP contribution is -2.43. The maximum atomic E-state index is 12.7. The summed E-state index contributed by atoms with van der Waals surface area (Å²) in [6.07, 6.45) is 1.59. The first-order valence-electron chi connectivity index (χ1n) is 7.38. The van der Waals surface area contributed by atoms with E-state index in [1.165, 1.54) is 12.1 Å². The molecule has 116 valence electrons. The minimum absolute atomic E-state index is 0.258. The topological polar surface area (TPSA) is 49.8 Å². The van der Waals surface area contributed by atoms with Gasteiger partial charge in [-0.25, -0.2) is 4.39 Å². The number of carboxylic acids is 1. The van der Waals surface area contributed by atoms with Gasteiger partial charge in [0.25, 0.3) is 0 Å². The van der Waals surface area contributed by atoms with E-state index in [4.69, 9.17) is 9.84 Å². The molecule has 0 spiro atoms. The molecule has 2 unspecified atom stereocenters. The highest BCUT2D eigenvalue weighted by molar-refractivity contribution is 5.70. The first kappa shape index (κ1) is 15.8. The number of carbonyl (C=O) groups is 1. The number of benzene rings is 1. The van der Waals surface area contributed by atoms with Crippen molar-refractivity contribution in [2.24, 2.45) is 11.8 Å². The van der Waals surface area contributed by atoms with Gasteiger partial charge in [0.2, 0.25) is 0 Å². The van der Waals surface area contributed by atoms with Gasteiger partial charge in [0.1, 0.15) is 11.6 Å². The van der Waals surface area contributed by atoms with Crippen LogP contribution in [0.1, 0.15) is 19.8 Å². The Morgan fingerprint density at radius 1 is 1.38 bits per heavy atom. The molecule has 21 heavy (non-hydrogen) atoms. The molecule has 0 amide bonds.